The number of esters is 1. The fourth-order valence-corrected chi connectivity index (χ4v) is 2.36. The van der Waals surface area contributed by atoms with Gasteiger partial charge in [-0.05, 0) is 36.6 Å². The summed E-state index contributed by atoms with van der Waals surface area (Å²) in [6, 6.07) is 15.9. The zero-order chi connectivity index (χ0) is 18.1. The third-order valence-electron chi connectivity index (χ3n) is 3.89. The first-order valence-corrected chi connectivity index (χ1v) is 8.29. The van der Waals surface area contributed by atoms with E-state index in [2.05, 4.69) is 46.8 Å². The average Bonchev–Trinajstić information content (AvgIpc) is 2.65. The van der Waals surface area contributed by atoms with Crippen molar-refractivity contribution in [2.75, 3.05) is 20.7 Å². The lowest BCUT2D eigenvalue weighted by molar-refractivity contribution is 0.0600. The van der Waals surface area contributed by atoms with E-state index in [0.717, 1.165) is 31.0 Å². The second-order valence-corrected chi connectivity index (χ2v) is 5.78. The van der Waals surface area contributed by atoms with Gasteiger partial charge in [-0.2, -0.15) is 0 Å². The number of rotatable bonds is 6. The number of hydrogen-bond acceptors (Lipinski definition) is 3. The van der Waals surface area contributed by atoms with E-state index in [1.165, 1.54) is 18.2 Å². The highest BCUT2D eigenvalue weighted by Gasteiger charge is 2.04. The molecule has 0 aliphatic carbocycles. The number of carbonyl (C=O) groups is 1. The van der Waals surface area contributed by atoms with Gasteiger partial charge in [0.1, 0.15) is 0 Å². The molecular weight excluding hydrogens is 314 g/mol. The van der Waals surface area contributed by atoms with E-state index >= 15 is 0 Å². The van der Waals surface area contributed by atoms with Crippen molar-refractivity contribution in [2.24, 2.45) is 4.99 Å². The number of nitrogens with zero attached hydrogens (tertiary/aromatic N) is 1. The highest BCUT2D eigenvalue weighted by atomic mass is 16.5. The first-order chi connectivity index (χ1) is 12.1. The van der Waals surface area contributed by atoms with Crippen LogP contribution >= 0.6 is 0 Å². The SMILES string of the molecule is CN=C(NCCc1ccc(C(=O)OC)cc1)NCc1ccc(C)cc1. The van der Waals surface area contributed by atoms with Gasteiger partial charge < -0.3 is 15.4 Å². The van der Waals surface area contributed by atoms with Gasteiger partial charge in [0, 0.05) is 20.1 Å². The van der Waals surface area contributed by atoms with Crippen LogP contribution in [0.4, 0.5) is 0 Å². The maximum atomic E-state index is 11.4. The first-order valence-electron chi connectivity index (χ1n) is 8.29. The molecule has 2 aromatic carbocycles. The van der Waals surface area contributed by atoms with Gasteiger partial charge in [0.25, 0.3) is 0 Å². The summed E-state index contributed by atoms with van der Waals surface area (Å²) in [4.78, 5) is 15.6. The zero-order valence-corrected chi connectivity index (χ0v) is 15.0. The Hall–Kier alpha value is -2.82. The molecule has 5 heteroatoms. The molecule has 0 aliphatic rings. The minimum absolute atomic E-state index is 0.314. The number of guanidine groups is 1. The Balaban J connectivity index is 1.77. The Morgan fingerprint density at radius 1 is 1.00 bits per heavy atom. The van der Waals surface area contributed by atoms with Gasteiger partial charge in [0.05, 0.1) is 12.7 Å². The normalized spacial score (nSPS) is 11.1. The summed E-state index contributed by atoms with van der Waals surface area (Å²) in [6.07, 6.45) is 0.840. The van der Waals surface area contributed by atoms with E-state index in [1.807, 2.05) is 12.1 Å². The van der Waals surface area contributed by atoms with Gasteiger partial charge >= 0.3 is 5.97 Å². The van der Waals surface area contributed by atoms with E-state index in [1.54, 1.807) is 19.2 Å². The molecule has 0 bridgehead atoms. The van der Waals surface area contributed by atoms with Crippen LogP contribution in [-0.2, 0) is 17.7 Å². The predicted octanol–water partition coefficient (Wildman–Crippen LogP) is 2.69. The summed E-state index contributed by atoms with van der Waals surface area (Å²) < 4.78 is 4.70. The molecule has 2 aromatic rings. The number of aryl methyl sites for hydroxylation is 1. The number of aliphatic imine (C=N–C) groups is 1. The minimum atomic E-state index is -0.314. The topological polar surface area (TPSA) is 62.7 Å². The van der Waals surface area contributed by atoms with E-state index < -0.39 is 0 Å². The maximum absolute atomic E-state index is 11.4. The number of ether oxygens (including phenoxy) is 1. The number of nitrogens with one attached hydrogen (secondary N) is 2. The van der Waals surface area contributed by atoms with Crippen molar-refractivity contribution in [3.8, 4) is 0 Å². The Kier molecular flexibility index (Phi) is 7.01. The minimum Gasteiger partial charge on any atom is -0.465 e. The Bertz CT molecular complexity index is 707. The third-order valence-corrected chi connectivity index (χ3v) is 3.89. The molecule has 2 N–H and O–H groups in total. The van der Waals surface area contributed by atoms with Gasteiger partial charge in [0.15, 0.2) is 5.96 Å². The summed E-state index contributed by atoms with van der Waals surface area (Å²) in [5.41, 5.74) is 4.18. The molecule has 0 unspecified atom stereocenters. The number of methoxy groups -OCH3 is 1. The van der Waals surface area contributed by atoms with Gasteiger partial charge in [-0.1, -0.05) is 42.0 Å². The predicted molar refractivity (Wildman–Crippen MR) is 101 cm³/mol. The molecule has 2 rings (SSSR count). The van der Waals surface area contributed by atoms with E-state index in [0.29, 0.717) is 5.56 Å². The quantitative estimate of drug-likeness (QED) is 0.482. The fraction of sp³-hybridized carbons (Fsp3) is 0.300. The van der Waals surface area contributed by atoms with Crippen molar-refractivity contribution in [3.05, 3.63) is 70.8 Å². The van der Waals surface area contributed by atoms with Crippen LogP contribution in [0.25, 0.3) is 0 Å². The molecule has 0 atom stereocenters. The van der Waals surface area contributed by atoms with Gasteiger partial charge in [-0.25, -0.2) is 4.79 Å². The molecule has 0 amide bonds. The van der Waals surface area contributed by atoms with Crippen LogP contribution in [-0.4, -0.2) is 32.6 Å². The van der Waals surface area contributed by atoms with E-state index in [9.17, 15) is 4.79 Å². The molecule has 0 saturated heterocycles. The van der Waals surface area contributed by atoms with Crippen molar-refractivity contribution >= 4 is 11.9 Å². The summed E-state index contributed by atoms with van der Waals surface area (Å²) >= 11 is 0. The van der Waals surface area contributed by atoms with Crippen molar-refractivity contribution in [1.82, 2.24) is 10.6 Å². The first kappa shape index (κ1) is 18.5. The second-order valence-electron chi connectivity index (χ2n) is 5.78. The number of benzene rings is 2. The number of hydrogen-bond donors (Lipinski definition) is 2. The van der Waals surface area contributed by atoms with E-state index in [4.69, 9.17) is 4.74 Å². The average molecular weight is 339 g/mol. The van der Waals surface area contributed by atoms with Crippen molar-refractivity contribution < 1.29 is 9.53 Å². The van der Waals surface area contributed by atoms with Crippen LogP contribution in [0, 0.1) is 6.92 Å². The molecule has 0 spiro atoms. The van der Waals surface area contributed by atoms with Crippen LogP contribution < -0.4 is 10.6 Å². The summed E-state index contributed by atoms with van der Waals surface area (Å²) in [5, 5.41) is 6.60. The molecule has 25 heavy (non-hydrogen) atoms. The number of carbonyl (C=O) groups excluding carboxylic acids is 1. The largest absolute Gasteiger partial charge is 0.465 e. The van der Waals surface area contributed by atoms with Crippen LogP contribution in [0.1, 0.15) is 27.0 Å². The molecular formula is C20H25N3O2. The lowest BCUT2D eigenvalue weighted by Crippen LogP contribution is -2.37. The monoisotopic (exact) mass is 339 g/mol. The molecule has 0 saturated carbocycles. The maximum Gasteiger partial charge on any atom is 0.337 e. The molecule has 0 fully saturated rings. The highest BCUT2D eigenvalue weighted by Crippen LogP contribution is 2.06. The molecule has 5 nitrogen and oxygen atoms in total. The Morgan fingerprint density at radius 3 is 2.24 bits per heavy atom. The molecule has 0 aliphatic heterocycles. The summed E-state index contributed by atoms with van der Waals surface area (Å²) in [5.74, 6) is 0.456. The van der Waals surface area contributed by atoms with Crippen LogP contribution in [0.15, 0.2) is 53.5 Å². The summed E-state index contributed by atoms with van der Waals surface area (Å²) in [7, 11) is 3.14. The standard InChI is InChI=1S/C20H25N3O2/c1-15-4-6-17(7-5-15)14-23-20(21-2)22-13-12-16-8-10-18(11-9-16)19(24)25-3/h4-11H,12-14H2,1-3H3,(H2,21,22,23). The van der Waals surface area contributed by atoms with Crippen LogP contribution in [0.3, 0.4) is 0 Å². The molecule has 132 valence electrons. The summed E-state index contributed by atoms with van der Waals surface area (Å²) in [6.45, 7) is 3.56. The van der Waals surface area contributed by atoms with Crippen molar-refractivity contribution in [3.63, 3.8) is 0 Å². The van der Waals surface area contributed by atoms with Crippen molar-refractivity contribution in [2.45, 2.75) is 19.9 Å². The Morgan fingerprint density at radius 2 is 1.64 bits per heavy atom. The fourth-order valence-electron chi connectivity index (χ4n) is 2.36. The van der Waals surface area contributed by atoms with Gasteiger partial charge in [-0.3, -0.25) is 4.99 Å². The smallest absolute Gasteiger partial charge is 0.337 e. The van der Waals surface area contributed by atoms with Gasteiger partial charge in [-0.15, -0.1) is 0 Å². The van der Waals surface area contributed by atoms with Crippen molar-refractivity contribution in [1.29, 1.82) is 0 Å². The van der Waals surface area contributed by atoms with Gasteiger partial charge in [0.2, 0.25) is 0 Å². The lowest BCUT2D eigenvalue weighted by Gasteiger charge is -2.12. The second kappa shape index (κ2) is 9.47. The zero-order valence-electron chi connectivity index (χ0n) is 15.0. The molecule has 0 aromatic heterocycles. The van der Waals surface area contributed by atoms with Crippen LogP contribution in [0.5, 0.6) is 0 Å². The lowest BCUT2D eigenvalue weighted by atomic mass is 10.1. The van der Waals surface area contributed by atoms with Crippen LogP contribution in [0.2, 0.25) is 0 Å². The third kappa shape index (κ3) is 5.95. The molecule has 0 heterocycles. The Labute approximate surface area is 149 Å². The van der Waals surface area contributed by atoms with E-state index in [-0.39, 0.29) is 5.97 Å². The molecule has 0 radical (unpaired) electrons. The highest BCUT2D eigenvalue weighted by molar-refractivity contribution is 5.89.